The zero-order chi connectivity index (χ0) is 31.0. The maximum Gasteiger partial charge on any atom is 0.308 e. The minimum absolute atomic E-state index is 0.0624. The van der Waals surface area contributed by atoms with Crippen LogP contribution in [-0.4, -0.2) is 107 Å². The Morgan fingerprint density at radius 2 is 1.68 bits per heavy atom. The Bertz CT molecular complexity index is 906. The molecule has 2 rings (SSSR count). The number of esters is 1. The number of hydrogen-bond donors (Lipinski definition) is 4. The molecule has 2 aliphatic rings. The minimum atomic E-state index is -1.18. The summed E-state index contributed by atoms with van der Waals surface area (Å²) in [6, 6.07) is -0.641. The molecular weight excluding hydrogens is 530 g/mol. The SMILES string of the molecule is CC[C@H]1C[C@@H](C)C(=O)/C=C/C(C)=C/[C@H](CO)[C@@H](CC)OC(=O)C[C@@H](O)[C@H](C)[C@H]1OC1OC(C)C(O)C(N(C)C)C1O. The van der Waals surface area contributed by atoms with Crippen LogP contribution in [0.2, 0.25) is 0 Å². The molecule has 2 heterocycles. The lowest BCUT2D eigenvalue weighted by atomic mass is 9.80. The summed E-state index contributed by atoms with van der Waals surface area (Å²) in [5.41, 5.74) is 0.767. The van der Waals surface area contributed by atoms with E-state index < -0.39 is 66.8 Å². The fourth-order valence-electron chi connectivity index (χ4n) is 5.97. The van der Waals surface area contributed by atoms with Crippen LogP contribution in [0.3, 0.4) is 0 Å². The quantitative estimate of drug-likeness (QED) is 0.343. The first-order valence-electron chi connectivity index (χ1n) is 15.0. The first kappa shape index (κ1) is 35.5. The molecule has 0 spiro atoms. The molecule has 2 aliphatic heterocycles. The highest BCUT2D eigenvalue weighted by atomic mass is 16.7. The maximum absolute atomic E-state index is 13.1. The van der Waals surface area contributed by atoms with E-state index in [0.717, 1.165) is 5.57 Å². The molecule has 0 saturated carbocycles. The van der Waals surface area contributed by atoms with Crippen molar-refractivity contribution in [2.24, 2.45) is 23.7 Å². The number of cyclic esters (lactones) is 1. The van der Waals surface area contributed by atoms with Crippen LogP contribution >= 0.6 is 0 Å². The van der Waals surface area contributed by atoms with Crippen LogP contribution in [0.1, 0.15) is 67.2 Å². The molecule has 0 bridgehead atoms. The molecule has 0 aliphatic carbocycles. The van der Waals surface area contributed by atoms with E-state index in [9.17, 15) is 30.0 Å². The average Bonchev–Trinajstić information content (AvgIpc) is 2.92. The average molecular weight is 584 g/mol. The largest absolute Gasteiger partial charge is 0.462 e. The monoisotopic (exact) mass is 583 g/mol. The van der Waals surface area contributed by atoms with Crippen molar-refractivity contribution >= 4 is 11.8 Å². The number of carbonyl (C=O) groups is 2. The highest BCUT2D eigenvalue weighted by molar-refractivity contribution is 5.91. The van der Waals surface area contributed by atoms with Crippen molar-refractivity contribution < 1.29 is 44.2 Å². The molecule has 0 aromatic heterocycles. The topological polar surface area (TPSA) is 146 Å². The number of ketones is 1. The van der Waals surface area contributed by atoms with Crippen LogP contribution < -0.4 is 0 Å². The Morgan fingerprint density at radius 3 is 2.24 bits per heavy atom. The summed E-state index contributed by atoms with van der Waals surface area (Å²) in [5, 5.41) is 43.0. The van der Waals surface area contributed by atoms with Crippen LogP contribution in [0.15, 0.2) is 23.8 Å². The number of carbonyl (C=O) groups excluding carboxylic acids is 2. The normalized spacial score (nSPS) is 42.4. The Morgan fingerprint density at radius 1 is 1.02 bits per heavy atom. The summed E-state index contributed by atoms with van der Waals surface area (Å²) in [4.78, 5) is 27.8. The summed E-state index contributed by atoms with van der Waals surface area (Å²) in [6.07, 6.45) is 0.0171. The third-order valence-electron chi connectivity index (χ3n) is 8.69. The predicted octanol–water partition coefficient (Wildman–Crippen LogP) is 2.22. The van der Waals surface area contributed by atoms with Crippen molar-refractivity contribution in [3.8, 4) is 0 Å². The number of ether oxygens (including phenoxy) is 3. The van der Waals surface area contributed by atoms with E-state index in [4.69, 9.17) is 14.2 Å². The van der Waals surface area contributed by atoms with Crippen molar-refractivity contribution in [1.29, 1.82) is 0 Å². The fourth-order valence-corrected chi connectivity index (χ4v) is 5.97. The second-order valence-electron chi connectivity index (χ2n) is 12.1. The zero-order valence-corrected chi connectivity index (χ0v) is 26.0. The van der Waals surface area contributed by atoms with Gasteiger partial charge in [0.05, 0.1) is 43.5 Å². The standard InChI is InChI=1S/C31H53NO9/c1-9-21-14-18(4)23(34)12-11-17(3)13-22(16-33)25(10-2)40-26(36)15-24(35)19(5)30(21)41-31-29(38)27(32(7)8)28(37)20(6)39-31/h11-13,18-22,24-25,27-31,33,35,37-38H,9-10,14-16H2,1-8H3/b12-11+,17-13+/t18-,19+,20?,21+,22-,24-,25-,27?,28?,29?,30-,31?/m1/s1. The molecule has 1 saturated heterocycles. The number of nitrogens with zero attached hydrogens (tertiary/aromatic N) is 1. The molecule has 0 aromatic carbocycles. The van der Waals surface area contributed by atoms with E-state index in [2.05, 4.69) is 0 Å². The van der Waals surface area contributed by atoms with Gasteiger partial charge in [-0.3, -0.25) is 9.59 Å². The molecular formula is C31H53NO9. The molecule has 4 N–H and O–H groups in total. The summed E-state index contributed by atoms with van der Waals surface area (Å²) >= 11 is 0. The van der Waals surface area contributed by atoms with E-state index in [0.29, 0.717) is 19.3 Å². The lowest BCUT2D eigenvalue weighted by molar-refractivity contribution is -0.304. The highest BCUT2D eigenvalue weighted by Gasteiger charge is 2.47. The number of likely N-dealkylation sites (N-methyl/N-ethyl adjacent to an activating group) is 1. The summed E-state index contributed by atoms with van der Waals surface area (Å²) in [5.74, 6) is -2.28. The molecule has 10 nitrogen and oxygen atoms in total. The van der Waals surface area contributed by atoms with E-state index in [-0.39, 0.29) is 30.6 Å². The van der Waals surface area contributed by atoms with E-state index >= 15 is 0 Å². The first-order chi connectivity index (χ1) is 19.2. The molecule has 236 valence electrons. The number of rotatable bonds is 6. The molecule has 41 heavy (non-hydrogen) atoms. The Kier molecular flexibility index (Phi) is 14.1. The Balaban J connectivity index is 2.47. The molecule has 12 atom stereocenters. The van der Waals surface area contributed by atoms with Crippen molar-refractivity contribution in [3.05, 3.63) is 23.8 Å². The number of hydrogen-bond acceptors (Lipinski definition) is 10. The molecule has 5 unspecified atom stereocenters. The third-order valence-corrected chi connectivity index (χ3v) is 8.69. The zero-order valence-electron chi connectivity index (χ0n) is 26.0. The fraction of sp³-hybridized carbons (Fsp3) is 0.806. The minimum Gasteiger partial charge on any atom is -0.462 e. The molecule has 1 fully saturated rings. The van der Waals surface area contributed by atoms with Crippen molar-refractivity contribution in [3.63, 3.8) is 0 Å². The van der Waals surface area contributed by atoms with E-state index in [1.165, 1.54) is 6.08 Å². The van der Waals surface area contributed by atoms with E-state index in [1.54, 1.807) is 45.0 Å². The number of allylic oxidation sites excluding steroid dienone is 3. The van der Waals surface area contributed by atoms with Gasteiger partial charge in [0.15, 0.2) is 12.1 Å². The number of aliphatic hydroxyl groups excluding tert-OH is 4. The van der Waals surface area contributed by atoms with Crippen molar-refractivity contribution in [1.82, 2.24) is 4.90 Å². The first-order valence-corrected chi connectivity index (χ1v) is 15.0. The van der Waals surface area contributed by atoms with Gasteiger partial charge in [0.25, 0.3) is 0 Å². The molecule has 0 amide bonds. The smallest absolute Gasteiger partial charge is 0.308 e. The third kappa shape index (κ3) is 9.41. The van der Waals surface area contributed by atoms with Crippen LogP contribution in [-0.2, 0) is 23.8 Å². The molecule has 0 radical (unpaired) electrons. The van der Waals surface area contributed by atoms with Gasteiger partial charge in [0, 0.05) is 17.8 Å². The molecule has 0 aromatic rings. The van der Waals surface area contributed by atoms with Gasteiger partial charge in [-0.2, -0.15) is 0 Å². The second kappa shape index (κ2) is 16.3. The van der Waals surface area contributed by atoms with E-state index in [1.807, 2.05) is 27.7 Å². The number of aliphatic hydroxyl groups is 4. The van der Waals surface area contributed by atoms with Crippen molar-refractivity contribution in [2.45, 2.75) is 116 Å². The van der Waals surface area contributed by atoms with Crippen LogP contribution in [0.5, 0.6) is 0 Å². The summed E-state index contributed by atoms with van der Waals surface area (Å²) in [6.45, 7) is 10.8. The van der Waals surface area contributed by atoms with Crippen LogP contribution in [0.4, 0.5) is 0 Å². The van der Waals surface area contributed by atoms with Gasteiger partial charge in [0.2, 0.25) is 0 Å². The van der Waals surface area contributed by atoms with Gasteiger partial charge in [-0.1, -0.05) is 51.8 Å². The Labute approximate surface area is 245 Å². The van der Waals surface area contributed by atoms with Gasteiger partial charge in [-0.05, 0) is 52.8 Å². The lowest BCUT2D eigenvalue weighted by Gasteiger charge is -2.46. The summed E-state index contributed by atoms with van der Waals surface area (Å²) in [7, 11) is 3.52. The predicted molar refractivity (Wildman–Crippen MR) is 155 cm³/mol. The van der Waals surface area contributed by atoms with Gasteiger partial charge < -0.3 is 39.5 Å². The second-order valence-corrected chi connectivity index (χ2v) is 12.1. The van der Waals surface area contributed by atoms with Gasteiger partial charge in [-0.25, -0.2) is 0 Å². The van der Waals surface area contributed by atoms with Crippen LogP contribution in [0, 0.1) is 23.7 Å². The van der Waals surface area contributed by atoms with Crippen LogP contribution in [0.25, 0.3) is 0 Å². The lowest BCUT2D eigenvalue weighted by Crippen LogP contribution is -2.63. The van der Waals surface area contributed by atoms with Crippen molar-refractivity contribution in [2.75, 3.05) is 20.7 Å². The Hall–Kier alpha value is -1.66. The van der Waals surface area contributed by atoms with Gasteiger partial charge >= 0.3 is 5.97 Å². The highest BCUT2D eigenvalue weighted by Crippen LogP contribution is 2.34. The summed E-state index contributed by atoms with van der Waals surface area (Å²) < 4.78 is 18.1. The van der Waals surface area contributed by atoms with Gasteiger partial charge in [-0.15, -0.1) is 0 Å². The molecule has 10 heteroatoms. The van der Waals surface area contributed by atoms with Gasteiger partial charge in [0.1, 0.15) is 12.2 Å². The maximum atomic E-state index is 13.1.